The van der Waals surface area contributed by atoms with Crippen LogP contribution in [0.15, 0.2) is 60.7 Å². The van der Waals surface area contributed by atoms with Gasteiger partial charge in [0.05, 0.1) is 0 Å². The first kappa shape index (κ1) is 21.9. The fourth-order valence-corrected chi connectivity index (χ4v) is 6.81. The summed E-state index contributed by atoms with van der Waals surface area (Å²) in [5.41, 5.74) is 5.16. The number of halogens is 1. The van der Waals surface area contributed by atoms with Gasteiger partial charge in [0, 0.05) is 0 Å². The van der Waals surface area contributed by atoms with Crippen LogP contribution in [0.3, 0.4) is 0 Å². The van der Waals surface area contributed by atoms with Crippen LogP contribution in [0.4, 0.5) is 5.69 Å². The molecule has 2 aromatic rings. The third kappa shape index (κ3) is 4.23. The number of nitrogens with zero attached hydrogens (tertiary/aromatic N) is 2. The molecule has 0 spiro atoms. The quantitative estimate of drug-likeness (QED) is 0.208. The Hall–Kier alpha value is -1.80. The zero-order valence-electron chi connectivity index (χ0n) is 17.4. The Morgan fingerprint density at radius 1 is 0.931 bits per heavy atom. The predicted molar refractivity (Wildman–Crippen MR) is 121 cm³/mol. The zero-order valence-corrected chi connectivity index (χ0v) is 21.3. The van der Waals surface area contributed by atoms with Crippen molar-refractivity contribution in [1.82, 2.24) is 4.58 Å². The van der Waals surface area contributed by atoms with E-state index in [0.29, 0.717) is 0 Å². The minimum absolute atomic E-state index is 0. The molecule has 0 aromatic heterocycles. The molecule has 0 unspecified atom stereocenters. The Morgan fingerprint density at radius 2 is 1.72 bits per heavy atom. The van der Waals surface area contributed by atoms with E-state index in [4.69, 9.17) is 4.74 Å². The third-order valence-corrected chi connectivity index (χ3v) is 8.26. The summed E-state index contributed by atoms with van der Waals surface area (Å²) in [5.74, 6) is 0.893. The van der Waals surface area contributed by atoms with Crippen LogP contribution in [0.2, 0.25) is 0 Å². The van der Waals surface area contributed by atoms with Crippen LogP contribution in [0.5, 0.6) is 5.75 Å². The van der Waals surface area contributed by atoms with Gasteiger partial charge in [-0.3, -0.25) is 0 Å². The number of anilines is 1. The van der Waals surface area contributed by atoms with E-state index in [-0.39, 0.29) is 17.0 Å². The molecule has 0 radical (unpaired) electrons. The van der Waals surface area contributed by atoms with Crippen molar-refractivity contribution in [2.24, 2.45) is 0 Å². The van der Waals surface area contributed by atoms with Crippen molar-refractivity contribution in [2.45, 2.75) is 0 Å². The molecule has 0 saturated carbocycles. The number of rotatable bonds is 3. The van der Waals surface area contributed by atoms with Gasteiger partial charge in [-0.1, -0.05) is 0 Å². The second-order valence-electron chi connectivity index (χ2n) is 7.36. The molecular formula is C24H25BrN2OTe. The number of hydrogen-bond donors (Lipinski definition) is 0. The molecule has 0 fully saturated rings. The van der Waals surface area contributed by atoms with Crippen molar-refractivity contribution < 1.29 is 21.7 Å². The monoisotopic (exact) mass is 566 g/mol. The van der Waals surface area contributed by atoms with Crippen LogP contribution < -0.4 is 36.6 Å². The Bertz CT molecular complexity index is 1210. The first-order chi connectivity index (χ1) is 13.5. The molecule has 4 rings (SSSR count). The van der Waals surface area contributed by atoms with Crippen molar-refractivity contribution in [3.8, 4) is 26.0 Å². The third-order valence-electron chi connectivity index (χ3n) is 5.08. The maximum Gasteiger partial charge on any atom is -1.00 e. The molecule has 0 saturated heterocycles. The van der Waals surface area contributed by atoms with Gasteiger partial charge < -0.3 is 17.0 Å². The molecule has 3 nitrogen and oxygen atoms in total. The summed E-state index contributed by atoms with van der Waals surface area (Å²) in [6.45, 7) is 0. The van der Waals surface area contributed by atoms with Crippen LogP contribution in [-0.4, -0.2) is 55.7 Å². The Balaban J connectivity index is 0.00000240. The first-order valence-electron chi connectivity index (χ1n) is 9.30. The van der Waals surface area contributed by atoms with Gasteiger partial charge in [0.1, 0.15) is 0 Å². The molecule has 29 heavy (non-hydrogen) atoms. The average Bonchev–Trinajstić information content (AvgIpc) is 2.70. The minimum Gasteiger partial charge on any atom is -1.00 e. The largest absolute Gasteiger partial charge is 1.00 e. The second-order valence-corrected chi connectivity index (χ2v) is 10.5. The SMILES string of the molecule is COc1cccc(-c2c3ccc(=[N+](C)C)cc-3[te]c3cc(N(C)C)ccc23)c1.[Br-]. The number of methoxy groups -OCH3 is 1. The summed E-state index contributed by atoms with van der Waals surface area (Å²) in [6, 6.07) is 22.2. The van der Waals surface area contributed by atoms with E-state index >= 15 is 0 Å². The maximum absolute atomic E-state index is 5.50. The van der Waals surface area contributed by atoms with Crippen molar-refractivity contribution >= 4 is 34.9 Å². The fraction of sp³-hybridized carbons (Fsp3) is 0.208. The van der Waals surface area contributed by atoms with Gasteiger partial charge in [0.25, 0.3) is 0 Å². The first-order valence-corrected chi connectivity index (χ1v) is 11.6. The van der Waals surface area contributed by atoms with Gasteiger partial charge in [-0.05, 0) is 0 Å². The van der Waals surface area contributed by atoms with Crippen molar-refractivity contribution in [2.75, 3.05) is 40.2 Å². The molecule has 0 amide bonds. The summed E-state index contributed by atoms with van der Waals surface area (Å²) in [7, 11) is 10.2. The normalized spacial score (nSPS) is 10.7. The van der Waals surface area contributed by atoms with Crippen molar-refractivity contribution in [1.29, 1.82) is 0 Å². The molecule has 1 aliphatic heterocycles. The molecule has 2 aromatic carbocycles. The Kier molecular flexibility index (Phi) is 6.73. The van der Waals surface area contributed by atoms with E-state index in [2.05, 4.69) is 92.3 Å². The molecule has 0 atom stereocenters. The van der Waals surface area contributed by atoms with Crippen LogP contribution >= 0.6 is 0 Å². The summed E-state index contributed by atoms with van der Waals surface area (Å²) >= 11 is -0.462. The molecule has 0 bridgehead atoms. The van der Waals surface area contributed by atoms with Crippen LogP contribution in [0.25, 0.3) is 29.1 Å². The number of benzene rings is 3. The second kappa shape index (κ2) is 8.92. The van der Waals surface area contributed by atoms with Crippen LogP contribution in [0, 0.1) is 0 Å². The van der Waals surface area contributed by atoms with Gasteiger partial charge in [-0.2, -0.15) is 0 Å². The Morgan fingerprint density at radius 3 is 2.41 bits per heavy atom. The molecule has 1 heterocycles. The van der Waals surface area contributed by atoms with E-state index in [0.717, 1.165) is 5.75 Å². The van der Waals surface area contributed by atoms with E-state index in [1.165, 1.54) is 40.1 Å². The van der Waals surface area contributed by atoms with Gasteiger partial charge in [0.15, 0.2) is 0 Å². The summed E-state index contributed by atoms with van der Waals surface area (Å²) in [5, 5.41) is 2.63. The molecule has 2 aliphatic rings. The van der Waals surface area contributed by atoms with Crippen molar-refractivity contribution in [3.05, 3.63) is 66.0 Å². The molecule has 150 valence electrons. The summed E-state index contributed by atoms with van der Waals surface area (Å²) < 4.78 is 10.7. The number of fused-ring (bicyclic) bond motifs is 2. The fourth-order valence-electron chi connectivity index (χ4n) is 3.51. The smallest absolute Gasteiger partial charge is 1.00 e. The van der Waals surface area contributed by atoms with Crippen LogP contribution in [0.1, 0.15) is 0 Å². The summed E-state index contributed by atoms with van der Waals surface area (Å²) in [4.78, 5) is 2.18. The van der Waals surface area contributed by atoms with Crippen LogP contribution in [-0.2, 0) is 0 Å². The summed E-state index contributed by atoms with van der Waals surface area (Å²) in [6.07, 6.45) is 0. The van der Waals surface area contributed by atoms with Crippen molar-refractivity contribution in [3.63, 3.8) is 0 Å². The molecular weight excluding hydrogens is 540 g/mol. The van der Waals surface area contributed by atoms with E-state index < -0.39 is 20.4 Å². The number of ether oxygens (including phenoxy) is 1. The van der Waals surface area contributed by atoms with Gasteiger partial charge in [-0.25, -0.2) is 0 Å². The van der Waals surface area contributed by atoms with E-state index in [1.807, 2.05) is 6.07 Å². The number of hydrogen-bond acceptors (Lipinski definition) is 2. The van der Waals surface area contributed by atoms with E-state index in [9.17, 15) is 0 Å². The minimum atomic E-state index is -0.462. The van der Waals surface area contributed by atoms with Gasteiger partial charge in [-0.15, -0.1) is 0 Å². The Labute approximate surface area is 192 Å². The molecule has 1 aliphatic carbocycles. The topological polar surface area (TPSA) is 15.5 Å². The standard InChI is InChI=1S/C24H25N2OTe.BrH/c1-25(2)17-9-11-20-22(14-17)28-23-15-18(26(3)4)10-12-21(23)24(20)16-7-6-8-19(13-16)27-5;/h6-15H,1-5H3;1H/q+1;/p-1. The van der Waals surface area contributed by atoms with Gasteiger partial charge in [0.2, 0.25) is 0 Å². The molecule has 0 N–H and O–H groups in total. The predicted octanol–water partition coefficient (Wildman–Crippen LogP) is 0.779. The zero-order chi connectivity index (χ0) is 19.8. The maximum atomic E-state index is 5.50. The average molecular weight is 565 g/mol. The molecule has 5 heteroatoms. The van der Waals surface area contributed by atoms with E-state index in [1.54, 1.807) is 7.11 Å². The van der Waals surface area contributed by atoms with Gasteiger partial charge >= 0.3 is 176 Å².